The summed E-state index contributed by atoms with van der Waals surface area (Å²) < 4.78 is 5.12. The van der Waals surface area contributed by atoms with Crippen LogP contribution in [-0.4, -0.2) is 17.6 Å². The number of carbonyl (C=O) groups excluding carboxylic acids is 1. The van der Waals surface area contributed by atoms with E-state index in [-0.39, 0.29) is 6.61 Å². The van der Waals surface area contributed by atoms with Gasteiger partial charge in [0.2, 0.25) is 0 Å². The van der Waals surface area contributed by atoms with E-state index in [4.69, 9.17) is 27.9 Å². The molecule has 0 radical (unpaired) electrons. The predicted octanol–water partition coefficient (Wildman–Crippen LogP) is 5.16. The van der Waals surface area contributed by atoms with Crippen LogP contribution in [0.1, 0.15) is 17.3 Å². The Morgan fingerprint density at radius 3 is 2.72 bits per heavy atom. The molecule has 0 amide bonds. The van der Waals surface area contributed by atoms with E-state index in [2.05, 4.69) is 15.8 Å². The number of halogens is 2. The van der Waals surface area contributed by atoms with E-state index in [1.54, 1.807) is 25.1 Å². The van der Waals surface area contributed by atoms with Crippen molar-refractivity contribution in [2.75, 3.05) is 17.5 Å². The fourth-order valence-corrected chi connectivity index (χ4v) is 2.82. The maximum absolute atomic E-state index is 12.3. The summed E-state index contributed by atoms with van der Waals surface area (Å²) in [4.78, 5) is 16.6. The van der Waals surface area contributed by atoms with Gasteiger partial charge in [-0.1, -0.05) is 41.4 Å². The van der Waals surface area contributed by atoms with Crippen LogP contribution in [0.3, 0.4) is 0 Å². The monoisotopic (exact) mass is 375 g/mol. The highest BCUT2D eigenvalue weighted by molar-refractivity contribution is 6.36. The molecule has 0 fully saturated rings. The van der Waals surface area contributed by atoms with Crippen molar-refractivity contribution in [2.45, 2.75) is 6.92 Å². The van der Waals surface area contributed by atoms with E-state index in [1.807, 2.05) is 24.3 Å². The second-order valence-electron chi connectivity index (χ2n) is 5.16. The summed E-state index contributed by atoms with van der Waals surface area (Å²) in [6, 6.07) is 12.6. The molecule has 0 aliphatic heterocycles. The van der Waals surface area contributed by atoms with Gasteiger partial charge in [0, 0.05) is 16.6 Å². The Balaban J connectivity index is 2.00. The van der Waals surface area contributed by atoms with E-state index >= 15 is 0 Å². The van der Waals surface area contributed by atoms with Gasteiger partial charge in [0.15, 0.2) is 0 Å². The molecule has 0 unspecified atom stereocenters. The summed E-state index contributed by atoms with van der Waals surface area (Å²) in [5.74, 6) is -0.452. The highest BCUT2D eigenvalue weighted by atomic mass is 35.5. The second kappa shape index (κ2) is 7.59. The zero-order valence-corrected chi connectivity index (χ0v) is 14.9. The van der Waals surface area contributed by atoms with Crippen molar-refractivity contribution in [3.8, 4) is 0 Å². The number of anilines is 2. The maximum Gasteiger partial charge on any atom is 0.341 e. The van der Waals surface area contributed by atoms with Gasteiger partial charge in [-0.25, -0.2) is 4.79 Å². The minimum Gasteiger partial charge on any atom is -0.462 e. The molecule has 0 saturated carbocycles. The van der Waals surface area contributed by atoms with E-state index in [1.165, 1.54) is 6.20 Å². The molecule has 2 N–H and O–H groups in total. The minimum absolute atomic E-state index is 0.279. The average Bonchev–Trinajstić information content (AvgIpc) is 2.61. The molecule has 7 heteroatoms. The molecule has 3 aromatic rings. The second-order valence-corrected chi connectivity index (χ2v) is 6.00. The predicted molar refractivity (Wildman–Crippen MR) is 101 cm³/mol. The lowest BCUT2D eigenvalue weighted by Crippen LogP contribution is -2.15. The fraction of sp³-hybridized carbons (Fsp3) is 0.111. The van der Waals surface area contributed by atoms with Gasteiger partial charge in [-0.2, -0.15) is 0 Å². The summed E-state index contributed by atoms with van der Waals surface area (Å²) in [7, 11) is 0. The highest BCUT2D eigenvalue weighted by Crippen LogP contribution is 2.29. The largest absolute Gasteiger partial charge is 0.462 e. The fourth-order valence-electron chi connectivity index (χ4n) is 2.36. The lowest BCUT2D eigenvalue weighted by molar-refractivity contribution is 0.0527. The number of carbonyl (C=O) groups is 1. The topological polar surface area (TPSA) is 63.2 Å². The van der Waals surface area contributed by atoms with Gasteiger partial charge in [0.1, 0.15) is 5.56 Å². The van der Waals surface area contributed by atoms with Crippen molar-refractivity contribution in [1.29, 1.82) is 0 Å². The SMILES string of the molecule is CCOC(=O)c1cnc2ccccc2c1NNc1ccc(Cl)cc1Cl. The molecule has 1 heterocycles. The van der Waals surface area contributed by atoms with Crippen LogP contribution in [0.25, 0.3) is 10.9 Å². The van der Waals surface area contributed by atoms with Gasteiger partial charge in [0.25, 0.3) is 0 Å². The number of ether oxygens (including phenoxy) is 1. The van der Waals surface area contributed by atoms with Crippen LogP contribution in [0.5, 0.6) is 0 Å². The van der Waals surface area contributed by atoms with Gasteiger partial charge in [-0.15, -0.1) is 0 Å². The number of nitrogens with zero attached hydrogens (tertiary/aromatic N) is 1. The van der Waals surface area contributed by atoms with Gasteiger partial charge < -0.3 is 4.74 Å². The van der Waals surface area contributed by atoms with Crippen LogP contribution in [0.4, 0.5) is 11.4 Å². The third kappa shape index (κ3) is 3.78. The maximum atomic E-state index is 12.3. The van der Waals surface area contributed by atoms with Crippen LogP contribution in [0.15, 0.2) is 48.7 Å². The Bertz CT molecular complexity index is 931. The van der Waals surface area contributed by atoms with Crippen molar-refractivity contribution in [1.82, 2.24) is 4.98 Å². The summed E-state index contributed by atoms with van der Waals surface area (Å²) in [6.07, 6.45) is 1.49. The number of rotatable bonds is 5. The molecule has 0 bridgehead atoms. The molecule has 3 rings (SSSR count). The van der Waals surface area contributed by atoms with Gasteiger partial charge in [-0.05, 0) is 31.2 Å². The standard InChI is InChI=1S/C18H15Cl2N3O2/c1-2-25-18(24)13-10-21-15-6-4-3-5-12(15)17(13)23-22-16-8-7-11(19)9-14(16)20/h3-10,22H,2H2,1H3,(H,21,23). The first-order valence-electron chi connectivity index (χ1n) is 7.62. The van der Waals surface area contributed by atoms with Crippen molar-refractivity contribution in [2.24, 2.45) is 0 Å². The molecule has 1 aromatic heterocycles. The molecule has 5 nitrogen and oxygen atoms in total. The van der Waals surface area contributed by atoms with Gasteiger partial charge >= 0.3 is 5.97 Å². The van der Waals surface area contributed by atoms with E-state index in [9.17, 15) is 4.79 Å². The highest BCUT2D eigenvalue weighted by Gasteiger charge is 2.16. The number of hydrogen-bond acceptors (Lipinski definition) is 5. The molecular weight excluding hydrogens is 361 g/mol. The zero-order valence-electron chi connectivity index (χ0n) is 13.3. The van der Waals surface area contributed by atoms with Crippen molar-refractivity contribution in [3.05, 3.63) is 64.3 Å². The summed E-state index contributed by atoms with van der Waals surface area (Å²) in [6.45, 7) is 2.03. The number of fused-ring (bicyclic) bond motifs is 1. The lowest BCUT2D eigenvalue weighted by atomic mass is 10.1. The van der Waals surface area contributed by atoms with Crippen LogP contribution in [0, 0.1) is 0 Å². The number of esters is 1. The Hall–Kier alpha value is -2.50. The van der Waals surface area contributed by atoms with Crippen LogP contribution in [0.2, 0.25) is 10.0 Å². The third-order valence-electron chi connectivity index (χ3n) is 3.52. The van der Waals surface area contributed by atoms with E-state index in [0.29, 0.717) is 27.0 Å². The quantitative estimate of drug-likeness (QED) is 0.476. The number of aromatic nitrogens is 1. The summed E-state index contributed by atoms with van der Waals surface area (Å²) >= 11 is 12.1. The molecular formula is C18H15Cl2N3O2. The third-order valence-corrected chi connectivity index (χ3v) is 4.07. The molecule has 128 valence electrons. The summed E-state index contributed by atoms with van der Waals surface area (Å²) in [5.41, 5.74) is 8.34. The lowest BCUT2D eigenvalue weighted by Gasteiger charge is -2.16. The molecule has 25 heavy (non-hydrogen) atoms. The molecule has 0 aliphatic rings. The van der Waals surface area contributed by atoms with Crippen LogP contribution < -0.4 is 10.9 Å². The zero-order chi connectivity index (χ0) is 17.8. The number of pyridine rings is 1. The normalized spacial score (nSPS) is 10.5. The smallest absolute Gasteiger partial charge is 0.341 e. The molecule has 0 atom stereocenters. The average molecular weight is 376 g/mol. The summed E-state index contributed by atoms with van der Waals surface area (Å²) in [5, 5.41) is 1.78. The Labute approximate surface area is 154 Å². The molecule has 0 saturated heterocycles. The van der Waals surface area contributed by atoms with Crippen molar-refractivity contribution in [3.63, 3.8) is 0 Å². The number of hydrogen-bond donors (Lipinski definition) is 2. The van der Waals surface area contributed by atoms with Gasteiger partial charge in [-0.3, -0.25) is 15.8 Å². The minimum atomic E-state index is -0.452. The first-order valence-corrected chi connectivity index (χ1v) is 8.37. The first kappa shape index (κ1) is 17.3. The molecule has 0 aliphatic carbocycles. The Morgan fingerprint density at radius 1 is 1.16 bits per heavy atom. The van der Waals surface area contributed by atoms with Crippen molar-refractivity contribution >= 4 is 51.4 Å². The van der Waals surface area contributed by atoms with E-state index in [0.717, 1.165) is 10.9 Å². The van der Waals surface area contributed by atoms with Crippen LogP contribution >= 0.6 is 23.2 Å². The number of nitrogens with one attached hydrogen (secondary N) is 2. The first-order chi connectivity index (χ1) is 12.1. The van der Waals surface area contributed by atoms with E-state index < -0.39 is 5.97 Å². The van der Waals surface area contributed by atoms with Gasteiger partial charge in [0.05, 0.1) is 28.5 Å². The van der Waals surface area contributed by atoms with Crippen molar-refractivity contribution < 1.29 is 9.53 Å². The molecule has 0 spiro atoms. The Morgan fingerprint density at radius 2 is 1.96 bits per heavy atom. The number of benzene rings is 2. The van der Waals surface area contributed by atoms with Crippen LogP contribution in [-0.2, 0) is 4.74 Å². The Kier molecular flexibility index (Phi) is 5.26. The number of para-hydroxylation sites is 1. The number of hydrazine groups is 1. The molecule has 2 aromatic carbocycles.